The van der Waals surface area contributed by atoms with Gasteiger partial charge < -0.3 is 10.2 Å². The van der Waals surface area contributed by atoms with Crippen molar-refractivity contribution in [3.05, 3.63) is 35.2 Å². The number of nitrogens with zero attached hydrogens (tertiary/aromatic N) is 1. The number of hydrogen-bond acceptors (Lipinski definition) is 3. The maximum absolute atomic E-state index is 4.54. The molecule has 2 atom stereocenters. The first-order valence-corrected chi connectivity index (χ1v) is 6.86. The molecule has 0 radical (unpaired) electrons. The summed E-state index contributed by atoms with van der Waals surface area (Å²) >= 11 is 4.54. The molecular weight excluding hydrogens is 228 g/mol. The van der Waals surface area contributed by atoms with Gasteiger partial charge in [0.25, 0.3) is 0 Å². The maximum atomic E-state index is 4.54. The molecule has 0 aliphatic heterocycles. The van der Waals surface area contributed by atoms with Crippen LogP contribution in [-0.2, 0) is 0 Å². The molecule has 2 aliphatic carbocycles. The molecule has 0 aromatic heterocycles. The zero-order chi connectivity index (χ0) is 12.4. The summed E-state index contributed by atoms with van der Waals surface area (Å²) in [6.45, 7) is 2.11. The maximum Gasteiger partial charge on any atom is 0.0690 e. The van der Waals surface area contributed by atoms with Crippen molar-refractivity contribution in [2.75, 3.05) is 14.1 Å². The van der Waals surface area contributed by atoms with Gasteiger partial charge in [-0.15, -0.1) is 0 Å². The lowest BCUT2D eigenvalue weighted by atomic mass is 9.80. The van der Waals surface area contributed by atoms with Crippen molar-refractivity contribution in [3.63, 3.8) is 0 Å². The Bertz CT molecular complexity index is 380. The van der Waals surface area contributed by atoms with E-state index < -0.39 is 0 Å². The van der Waals surface area contributed by atoms with Crippen molar-refractivity contribution in [1.29, 1.82) is 0 Å². The zero-order valence-electron chi connectivity index (χ0n) is 10.9. The molecule has 2 unspecified atom stereocenters. The van der Waals surface area contributed by atoms with Gasteiger partial charge in [-0.05, 0) is 38.2 Å². The van der Waals surface area contributed by atoms with Crippen LogP contribution in [0.1, 0.15) is 26.2 Å². The van der Waals surface area contributed by atoms with Crippen LogP contribution in [-0.4, -0.2) is 24.4 Å². The third-order valence-electron chi connectivity index (χ3n) is 3.74. The van der Waals surface area contributed by atoms with E-state index in [-0.39, 0.29) is 5.37 Å². The van der Waals surface area contributed by atoms with Gasteiger partial charge >= 0.3 is 0 Å². The van der Waals surface area contributed by atoms with Gasteiger partial charge in [0.05, 0.1) is 5.37 Å². The van der Waals surface area contributed by atoms with Gasteiger partial charge in [0.15, 0.2) is 0 Å². The lowest BCUT2D eigenvalue weighted by molar-refractivity contribution is 0.402. The molecule has 3 heteroatoms. The van der Waals surface area contributed by atoms with E-state index in [2.05, 4.69) is 55.0 Å². The van der Waals surface area contributed by atoms with Gasteiger partial charge in [0.1, 0.15) is 0 Å². The Kier molecular flexibility index (Phi) is 3.87. The van der Waals surface area contributed by atoms with Crippen LogP contribution in [0.15, 0.2) is 35.2 Å². The molecular formula is C14H22N2S. The fourth-order valence-corrected chi connectivity index (χ4v) is 2.79. The molecule has 0 saturated heterocycles. The number of fused-ring (bicyclic) bond motifs is 1. The van der Waals surface area contributed by atoms with E-state index in [1.54, 1.807) is 0 Å². The minimum Gasteiger partial charge on any atom is -0.388 e. The molecule has 0 saturated carbocycles. The fourth-order valence-electron chi connectivity index (χ4n) is 2.67. The van der Waals surface area contributed by atoms with Gasteiger partial charge in [0.2, 0.25) is 0 Å². The molecule has 17 heavy (non-hydrogen) atoms. The summed E-state index contributed by atoms with van der Waals surface area (Å²) in [6, 6.07) is 0. The smallest absolute Gasteiger partial charge is 0.0690 e. The summed E-state index contributed by atoms with van der Waals surface area (Å²) in [4.78, 5) is 2.25. The van der Waals surface area contributed by atoms with E-state index in [9.17, 15) is 0 Å². The second-order valence-electron chi connectivity index (χ2n) is 4.82. The minimum atomic E-state index is 0.237. The van der Waals surface area contributed by atoms with E-state index in [0.29, 0.717) is 5.92 Å². The molecule has 94 valence electrons. The molecule has 1 N–H and O–H groups in total. The largest absolute Gasteiger partial charge is 0.388 e. The highest BCUT2D eigenvalue weighted by atomic mass is 32.1. The Morgan fingerprint density at radius 1 is 1.53 bits per heavy atom. The van der Waals surface area contributed by atoms with Crippen molar-refractivity contribution >= 4 is 12.6 Å². The number of nitrogens with one attached hydrogen (secondary N) is 1. The summed E-state index contributed by atoms with van der Waals surface area (Å²) in [5.74, 6) is 0.678. The molecule has 0 spiro atoms. The van der Waals surface area contributed by atoms with Crippen molar-refractivity contribution in [3.8, 4) is 0 Å². The van der Waals surface area contributed by atoms with Gasteiger partial charge in [-0.2, -0.15) is 12.6 Å². The highest BCUT2D eigenvalue weighted by molar-refractivity contribution is 7.80. The predicted molar refractivity (Wildman–Crippen MR) is 76.9 cm³/mol. The topological polar surface area (TPSA) is 15.3 Å². The summed E-state index contributed by atoms with van der Waals surface area (Å²) < 4.78 is 0. The van der Waals surface area contributed by atoms with Crippen LogP contribution < -0.4 is 5.32 Å². The molecule has 2 aliphatic rings. The fraction of sp³-hybridized carbons (Fsp3) is 0.571. The molecule has 0 bridgehead atoms. The average molecular weight is 250 g/mol. The molecule has 0 amide bonds. The van der Waals surface area contributed by atoms with E-state index in [1.165, 1.54) is 36.2 Å². The summed E-state index contributed by atoms with van der Waals surface area (Å²) in [5.41, 5.74) is 4.11. The van der Waals surface area contributed by atoms with Gasteiger partial charge in [-0.1, -0.05) is 12.2 Å². The van der Waals surface area contributed by atoms with E-state index in [4.69, 9.17) is 0 Å². The van der Waals surface area contributed by atoms with Crippen LogP contribution in [0.25, 0.3) is 0 Å². The highest BCUT2D eigenvalue weighted by Gasteiger charge is 2.27. The van der Waals surface area contributed by atoms with Crippen LogP contribution in [0.5, 0.6) is 0 Å². The molecule has 0 fully saturated rings. The minimum absolute atomic E-state index is 0.237. The Morgan fingerprint density at radius 3 is 2.94 bits per heavy atom. The number of rotatable bonds is 3. The lowest BCUT2D eigenvalue weighted by Gasteiger charge is -2.35. The average Bonchev–Trinajstić information content (AvgIpc) is 2.36. The van der Waals surface area contributed by atoms with E-state index >= 15 is 0 Å². The second-order valence-corrected chi connectivity index (χ2v) is 5.57. The Hall–Kier alpha value is -0.830. The standard InChI is InChI=1S/C14H22N2S/c1-10(17)16(3)13-9-5-7-11-6-4-8-12(15-2)14(11)13/h5,8-11,15,17H,4,6-7H2,1-3H3. The number of allylic oxidation sites excluding steroid dienone is 4. The van der Waals surface area contributed by atoms with Crippen LogP contribution >= 0.6 is 12.6 Å². The van der Waals surface area contributed by atoms with Crippen LogP contribution in [0.4, 0.5) is 0 Å². The lowest BCUT2D eigenvalue weighted by Crippen LogP contribution is -2.30. The third kappa shape index (κ3) is 2.39. The Balaban J connectivity index is 2.43. The van der Waals surface area contributed by atoms with Crippen molar-refractivity contribution in [1.82, 2.24) is 10.2 Å². The quantitative estimate of drug-likeness (QED) is 0.591. The van der Waals surface area contributed by atoms with Crippen molar-refractivity contribution in [2.24, 2.45) is 5.92 Å². The van der Waals surface area contributed by atoms with Gasteiger partial charge in [-0.25, -0.2) is 0 Å². The molecule has 0 heterocycles. The predicted octanol–water partition coefficient (Wildman–Crippen LogP) is 2.92. The summed E-state index contributed by atoms with van der Waals surface area (Å²) in [6.07, 6.45) is 10.5. The normalized spacial score (nSPS) is 25.2. The third-order valence-corrected chi connectivity index (χ3v) is 4.09. The Morgan fingerprint density at radius 2 is 2.29 bits per heavy atom. The second kappa shape index (κ2) is 5.21. The highest BCUT2D eigenvalue weighted by Crippen LogP contribution is 2.38. The number of hydrogen-bond donors (Lipinski definition) is 2. The van der Waals surface area contributed by atoms with Crippen LogP contribution in [0.3, 0.4) is 0 Å². The van der Waals surface area contributed by atoms with Crippen molar-refractivity contribution in [2.45, 2.75) is 31.6 Å². The SMILES string of the molecule is CNC1=CCCC2CC=CC(N(C)C(C)S)=C12. The van der Waals surface area contributed by atoms with Crippen LogP contribution in [0.2, 0.25) is 0 Å². The summed E-state index contributed by atoms with van der Waals surface area (Å²) in [7, 11) is 4.13. The molecule has 2 rings (SSSR count). The summed E-state index contributed by atoms with van der Waals surface area (Å²) in [5, 5.41) is 3.58. The molecule has 0 aromatic carbocycles. The first-order chi connectivity index (χ1) is 8.15. The number of thiol groups is 1. The van der Waals surface area contributed by atoms with Gasteiger partial charge in [-0.3, -0.25) is 0 Å². The molecule has 2 nitrogen and oxygen atoms in total. The van der Waals surface area contributed by atoms with E-state index in [0.717, 1.165) is 0 Å². The van der Waals surface area contributed by atoms with E-state index in [1.807, 2.05) is 7.05 Å². The molecule has 0 aromatic rings. The van der Waals surface area contributed by atoms with Gasteiger partial charge in [0, 0.05) is 31.1 Å². The number of likely N-dealkylation sites (N-methyl/N-ethyl adjacent to an activating group) is 2. The van der Waals surface area contributed by atoms with Crippen molar-refractivity contribution < 1.29 is 0 Å². The monoisotopic (exact) mass is 250 g/mol. The first-order valence-electron chi connectivity index (χ1n) is 6.35. The first kappa shape index (κ1) is 12.6. The zero-order valence-corrected chi connectivity index (χ0v) is 11.8. The Labute approximate surface area is 110 Å². The van der Waals surface area contributed by atoms with Crippen LogP contribution in [0, 0.1) is 5.92 Å².